The van der Waals surface area contributed by atoms with Crippen LogP contribution in [0.15, 0.2) is 260 Å². The van der Waals surface area contributed by atoms with Crippen LogP contribution in [0.4, 0.5) is 0 Å². The van der Waals surface area contributed by atoms with Crippen molar-refractivity contribution in [3.8, 4) is 22.3 Å². The quantitative estimate of drug-likeness (QED) is 0.0717. The number of hydrogen-bond acceptors (Lipinski definition) is 1. The van der Waals surface area contributed by atoms with Gasteiger partial charge >= 0.3 is 0 Å². The number of amidine groups is 1. The fraction of sp³-hybridized carbons (Fsp3) is 0.0149. The Morgan fingerprint density at radius 1 is 0.377 bits per heavy atom. The predicted molar refractivity (Wildman–Crippen MR) is 292 cm³/mol. The predicted octanol–water partition coefficient (Wildman–Crippen LogP) is 17.0. The topological polar surface area (TPSA) is 36.2 Å². The van der Waals surface area contributed by atoms with Gasteiger partial charge in [0.1, 0.15) is 0 Å². The molecule has 0 aliphatic heterocycles. The summed E-state index contributed by atoms with van der Waals surface area (Å²) in [6.07, 6.45) is 4.41. The van der Waals surface area contributed by atoms with E-state index in [1.54, 1.807) is 0 Å². The van der Waals surface area contributed by atoms with Crippen molar-refractivity contribution >= 4 is 71.5 Å². The second-order valence-corrected chi connectivity index (χ2v) is 18.0. The molecule has 0 saturated heterocycles. The van der Waals surface area contributed by atoms with Crippen molar-refractivity contribution in [3.05, 3.63) is 294 Å². The van der Waals surface area contributed by atoms with Crippen LogP contribution >= 0.6 is 0 Å². The second-order valence-electron chi connectivity index (χ2n) is 18.0. The van der Waals surface area contributed by atoms with Crippen molar-refractivity contribution in [2.24, 2.45) is 4.99 Å². The van der Waals surface area contributed by atoms with Crippen LogP contribution in [0.1, 0.15) is 38.9 Å². The highest BCUT2D eigenvalue weighted by molar-refractivity contribution is 6.29. The maximum absolute atomic E-state index is 9.53. The fourth-order valence-electron chi connectivity index (χ4n) is 11.5. The van der Waals surface area contributed by atoms with Gasteiger partial charge in [0.25, 0.3) is 0 Å². The number of rotatable bonds is 7. The third-order valence-electron chi connectivity index (χ3n) is 14.4. The number of allylic oxidation sites excluding steroid dienone is 1. The summed E-state index contributed by atoms with van der Waals surface area (Å²) < 4.78 is 0. The van der Waals surface area contributed by atoms with Crippen LogP contribution in [0.25, 0.3) is 82.2 Å². The van der Waals surface area contributed by atoms with Crippen LogP contribution in [-0.2, 0) is 5.41 Å². The van der Waals surface area contributed by atoms with Crippen molar-refractivity contribution < 1.29 is 0 Å². The molecule has 0 atom stereocenters. The molecule has 12 aromatic carbocycles. The minimum atomic E-state index is -0.577. The van der Waals surface area contributed by atoms with Gasteiger partial charge in [-0.1, -0.05) is 249 Å². The highest BCUT2D eigenvalue weighted by Crippen LogP contribution is 2.57. The minimum absolute atomic E-state index is 0.205. The average molecular weight is 877 g/mol. The van der Waals surface area contributed by atoms with Crippen molar-refractivity contribution in [2.45, 2.75) is 5.41 Å². The van der Waals surface area contributed by atoms with Crippen LogP contribution < -0.4 is 0 Å². The molecular weight excluding hydrogens is 833 g/mol. The summed E-state index contributed by atoms with van der Waals surface area (Å²) in [6, 6.07) is 89.5. The number of benzene rings is 12. The molecule has 13 rings (SSSR count). The Bertz CT molecular complexity index is 3970. The molecule has 12 aromatic rings. The van der Waals surface area contributed by atoms with E-state index < -0.39 is 5.41 Å². The van der Waals surface area contributed by atoms with Gasteiger partial charge in [-0.25, -0.2) is 4.99 Å². The van der Waals surface area contributed by atoms with Crippen LogP contribution in [0.3, 0.4) is 0 Å². The van der Waals surface area contributed by atoms with Crippen LogP contribution in [-0.4, -0.2) is 11.5 Å². The van der Waals surface area contributed by atoms with Gasteiger partial charge in [0.2, 0.25) is 0 Å². The van der Waals surface area contributed by atoms with E-state index in [-0.39, 0.29) is 5.84 Å². The van der Waals surface area contributed by atoms with E-state index in [2.05, 4.69) is 231 Å². The molecule has 69 heavy (non-hydrogen) atoms. The molecule has 0 unspecified atom stereocenters. The highest BCUT2D eigenvalue weighted by atomic mass is 14.8. The lowest BCUT2D eigenvalue weighted by atomic mass is 9.67. The van der Waals surface area contributed by atoms with E-state index in [1.807, 2.05) is 30.3 Å². The first kappa shape index (κ1) is 40.3. The molecule has 0 spiro atoms. The summed E-state index contributed by atoms with van der Waals surface area (Å²) in [7, 11) is 0. The molecule has 0 heterocycles. The average Bonchev–Trinajstić information content (AvgIpc) is 3.73. The van der Waals surface area contributed by atoms with Crippen molar-refractivity contribution in [2.75, 3.05) is 0 Å². The fourth-order valence-corrected chi connectivity index (χ4v) is 11.5. The number of aliphatic imine (C=N–C) groups is 1. The molecule has 2 nitrogen and oxygen atoms in total. The van der Waals surface area contributed by atoms with Crippen LogP contribution in [0.2, 0.25) is 0 Å². The molecule has 1 aliphatic carbocycles. The number of hydrogen-bond donors (Lipinski definition) is 1. The third kappa shape index (κ3) is 6.34. The summed E-state index contributed by atoms with van der Waals surface area (Å²) in [5.74, 6) is 0.205. The van der Waals surface area contributed by atoms with E-state index in [0.717, 1.165) is 38.7 Å². The van der Waals surface area contributed by atoms with Gasteiger partial charge in [0.05, 0.1) is 11.1 Å². The van der Waals surface area contributed by atoms with Crippen LogP contribution in [0, 0.1) is 5.41 Å². The van der Waals surface area contributed by atoms with Gasteiger partial charge < -0.3 is 0 Å². The van der Waals surface area contributed by atoms with E-state index in [9.17, 15) is 5.41 Å². The zero-order valence-corrected chi connectivity index (χ0v) is 37.8. The second kappa shape index (κ2) is 16.4. The summed E-state index contributed by atoms with van der Waals surface area (Å²) in [5.41, 5.74) is 12.6. The Kier molecular flexibility index (Phi) is 9.59. The Labute approximate surface area is 401 Å². The molecule has 0 amide bonds. The molecule has 1 N–H and O–H groups in total. The normalized spacial score (nSPS) is 13.1. The zero-order valence-electron chi connectivity index (χ0n) is 37.8. The number of fused-ring (bicyclic) bond motifs is 9. The van der Waals surface area contributed by atoms with Crippen molar-refractivity contribution in [1.82, 2.24) is 0 Å². The largest absolute Gasteiger partial charge is 0.282 e. The Morgan fingerprint density at radius 3 is 1.57 bits per heavy atom. The summed E-state index contributed by atoms with van der Waals surface area (Å²) >= 11 is 0. The van der Waals surface area contributed by atoms with E-state index in [1.165, 1.54) is 82.0 Å². The molecule has 0 aromatic heterocycles. The number of nitrogens with zero attached hydrogens (tertiary/aromatic N) is 1. The smallest absolute Gasteiger partial charge is 0.152 e. The lowest BCUT2D eigenvalue weighted by molar-refractivity contribution is 0.768. The SMILES string of the molecule is N=C(N=C(/C=C/c1c2ccccc2c(-c2c3ccccc3cc3c2ccc2ccccc23)c2ccccc12)c1cccc2c1-c1ccccc1C2(c1ccccc1)c1ccccc1)c1ccccc1. The monoisotopic (exact) mass is 876 g/mol. The highest BCUT2D eigenvalue weighted by Gasteiger charge is 2.47. The molecule has 0 radical (unpaired) electrons. The lowest BCUT2D eigenvalue weighted by Crippen LogP contribution is -2.28. The van der Waals surface area contributed by atoms with Gasteiger partial charge in [-0.2, -0.15) is 0 Å². The molecule has 0 bridgehead atoms. The molecule has 322 valence electrons. The molecule has 0 fully saturated rings. The van der Waals surface area contributed by atoms with Gasteiger partial charge in [0.15, 0.2) is 5.84 Å². The Balaban J connectivity index is 1.08. The van der Waals surface area contributed by atoms with Crippen LogP contribution in [0.5, 0.6) is 0 Å². The molecule has 2 heteroatoms. The first-order valence-corrected chi connectivity index (χ1v) is 23.7. The first-order valence-electron chi connectivity index (χ1n) is 23.7. The van der Waals surface area contributed by atoms with Gasteiger partial charge in [-0.15, -0.1) is 0 Å². The third-order valence-corrected chi connectivity index (χ3v) is 14.4. The Hall–Kier alpha value is -8.98. The van der Waals surface area contributed by atoms with E-state index in [0.29, 0.717) is 0 Å². The summed E-state index contributed by atoms with van der Waals surface area (Å²) in [4.78, 5) is 5.31. The minimum Gasteiger partial charge on any atom is -0.282 e. The van der Waals surface area contributed by atoms with Gasteiger partial charge in [-0.05, 0) is 116 Å². The van der Waals surface area contributed by atoms with E-state index in [4.69, 9.17) is 4.99 Å². The Morgan fingerprint density at radius 2 is 0.884 bits per heavy atom. The zero-order chi connectivity index (χ0) is 45.9. The molecular formula is C67H44N2. The maximum atomic E-state index is 9.53. The van der Waals surface area contributed by atoms with Crippen molar-refractivity contribution in [3.63, 3.8) is 0 Å². The molecule has 0 saturated carbocycles. The summed E-state index contributed by atoms with van der Waals surface area (Å²) in [6.45, 7) is 0. The van der Waals surface area contributed by atoms with E-state index >= 15 is 0 Å². The molecule has 1 aliphatic rings. The number of nitrogens with one attached hydrogen (secondary N) is 1. The standard InChI is InChI=1S/C67H44N2/c68-66(45-22-4-1-5-23-45)69-62(58-36-20-38-61-63(58)57-35-18-19-37-60(57)67(61,47-25-6-2-7-26-47)48-27-8-3-9-28-48)42-41-53-51-31-14-16-33-54(51)65(55-34-17-15-32-52(53)55)64-50-30-13-11-24-46(50)43-59-49-29-12-10-21-44(49)39-40-56(59)64/h1-43,68H/b42-41+,68-66?,69-62?. The van der Waals surface area contributed by atoms with Gasteiger partial charge in [-0.3, -0.25) is 5.41 Å². The van der Waals surface area contributed by atoms with Gasteiger partial charge in [0, 0.05) is 11.1 Å². The maximum Gasteiger partial charge on any atom is 0.152 e. The lowest BCUT2D eigenvalue weighted by Gasteiger charge is -2.34. The van der Waals surface area contributed by atoms with Crippen molar-refractivity contribution in [1.29, 1.82) is 5.41 Å². The first-order chi connectivity index (χ1) is 34.2. The summed E-state index contributed by atoms with van der Waals surface area (Å²) in [5, 5.41) is 21.6.